The number of anilines is 2. The summed E-state index contributed by atoms with van der Waals surface area (Å²) in [6, 6.07) is 25.0. The summed E-state index contributed by atoms with van der Waals surface area (Å²) >= 11 is 2.37. The molecular formula is C37H27FN4O4S2. The number of carbonyl (C=O) groups is 2. The second-order valence-electron chi connectivity index (χ2n) is 12.0. The van der Waals surface area contributed by atoms with E-state index in [2.05, 4.69) is 10.2 Å². The Kier molecular flexibility index (Phi) is 7.08. The van der Waals surface area contributed by atoms with Crippen molar-refractivity contribution in [3.05, 3.63) is 146 Å². The molecule has 2 aliphatic rings. The molecule has 48 heavy (non-hydrogen) atoms. The van der Waals surface area contributed by atoms with Crippen LogP contribution in [0.4, 0.5) is 15.2 Å². The molecule has 2 aliphatic heterocycles. The molecule has 4 aromatic carbocycles. The van der Waals surface area contributed by atoms with Crippen molar-refractivity contribution in [1.29, 1.82) is 0 Å². The van der Waals surface area contributed by atoms with Crippen LogP contribution in [0.1, 0.15) is 49.5 Å². The van der Waals surface area contributed by atoms with Crippen LogP contribution in [0, 0.1) is 26.6 Å². The predicted molar refractivity (Wildman–Crippen MR) is 184 cm³/mol. The molecule has 4 heterocycles. The van der Waals surface area contributed by atoms with E-state index in [1.54, 1.807) is 47.4 Å². The van der Waals surface area contributed by atoms with Gasteiger partial charge in [-0.15, -0.1) is 10.2 Å². The maximum absolute atomic E-state index is 15.2. The van der Waals surface area contributed by atoms with E-state index in [1.165, 1.54) is 22.7 Å². The van der Waals surface area contributed by atoms with Crippen molar-refractivity contribution in [2.45, 2.75) is 42.9 Å². The second kappa shape index (κ2) is 11.2. The molecule has 8 nitrogen and oxygen atoms in total. The summed E-state index contributed by atoms with van der Waals surface area (Å²) in [6.45, 7) is 6.00. The van der Waals surface area contributed by atoms with E-state index in [4.69, 9.17) is 4.42 Å². The molecule has 2 aromatic heterocycles. The molecular weight excluding hydrogens is 648 g/mol. The van der Waals surface area contributed by atoms with Crippen molar-refractivity contribution in [3.63, 3.8) is 0 Å². The Bertz CT molecular complexity index is 2390. The summed E-state index contributed by atoms with van der Waals surface area (Å²) in [4.78, 5) is 47.4. The highest BCUT2D eigenvalue weighted by molar-refractivity contribution is 8.00. The van der Waals surface area contributed by atoms with Gasteiger partial charge in [-0.2, -0.15) is 0 Å². The van der Waals surface area contributed by atoms with Gasteiger partial charge in [0, 0.05) is 11.3 Å². The highest BCUT2D eigenvalue weighted by Crippen LogP contribution is 2.55. The summed E-state index contributed by atoms with van der Waals surface area (Å²) < 4.78 is 21.1. The fourth-order valence-corrected chi connectivity index (χ4v) is 8.52. The van der Waals surface area contributed by atoms with Crippen molar-refractivity contribution in [3.8, 4) is 0 Å². The van der Waals surface area contributed by atoms with Crippen LogP contribution in [0.5, 0.6) is 0 Å². The largest absolute Gasteiger partial charge is 0.450 e. The number of hydrogen-bond donors (Lipinski definition) is 0. The number of nitrogens with zero attached hydrogens (tertiary/aromatic N) is 4. The van der Waals surface area contributed by atoms with Gasteiger partial charge in [0.15, 0.2) is 15.3 Å². The van der Waals surface area contributed by atoms with E-state index in [-0.39, 0.29) is 45.5 Å². The zero-order valence-electron chi connectivity index (χ0n) is 26.1. The van der Waals surface area contributed by atoms with Crippen molar-refractivity contribution in [2.24, 2.45) is 0 Å². The Balaban J connectivity index is 1.34. The van der Waals surface area contributed by atoms with Gasteiger partial charge >= 0.3 is 0 Å². The van der Waals surface area contributed by atoms with Gasteiger partial charge in [0.05, 0.1) is 23.2 Å². The topological polar surface area (TPSA) is 96.6 Å². The van der Waals surface area contributed by atoms with Crippen LogP contribution < -0.4 is 15.2 Å². The molecule has 2 amide bonds. The third kappa shape index (κ3) is 4.37. The summed E-state index contributed by atoms with van der Waals surface area (Å²) in [5.74, 6) is -1.37. The number of hydrogen-bond acceptors (Lipinski definition) is 8. The van der Waals surface area contributed by atoms with Crippen LogP contribution >= 0.6 is 23.1 Å². The van der Waals surface area contributed by atoms with Gasteiger partial charge in [-0.25, -0.2) is 4.39 Å². The zero-order valence-corrected chi connectivity index (χ0v) is 27.7. The average Bonchev–Trinajstić information content (AvgIpc) is 3.72. The van der Waals surface area contributed by atoms with E-state index in [0.29, 0.717) is 21.2 Å². The van der Waals surface area contributed by atoms with E-state index in [0.717, 1.165) is 33.6 Å². The third-order valence-electron chi connectivity index (χ3n) is 9.23. The molecule has 0 saturated carbocycles. The van der Waals surface area contributed by atoms with Crippen LogP contribution in [0.2, 0.25) is 0 Å². The smallest absolute Gasteiger partial charge is 0.297 e. The highest BCUT2D eigenvalue weighted by Gasteiger charge is 2.66. The minimum absolute atomic E-state index is 0.0382. The number of aryl methyl sites for hydroxylation is 3. The fourth-order valence-electron chi connectivity index (χ4n) is 6.64. The molecule has 11 heteroatoms. The zero-order chi connectivity index (χ0) is 33.3. The first-order valence-electron chi connectivity index (χ1n) is 15.3. The van der Waals surface area contributed by atoms with E-state index >= 15 is 4.79 Å². The minimum Gasteiger partial charge on any atom is -0.450 e. The molecule has 1 atom stereocenters. The Hall–Kier alpha value is -5.13. The Labute approximate surface area is 282 Å². The molecule has 1 unspecified atom stereocenters. The van der Waals surface area contributed by atoms with Crippen molar-refractivity contribution >= 4 is 56.7 Å². The summed E-state index contributed by atoms with van der Waals surface area (Å²) in [5.41, 5.74) is 3.13. The van der Waals surface area contributed by atoms with Crippen LogP contribution in [-0.2, 0) is 22.6 Å². The summed E-state index contributed by atoms with van der Waals surface area (Å²) in [6.07, 6.45) is 0. The maximum atomic E-state index is 15.2. The molecule has 1 spiro atoms. The first-order chi connectivity index (χ1) is 23.2. The number of fused-ring (bicyclic) bond motifs is 5. The number of rotatable bonds is 6. The number of para-hydroxylation sites is 1. The quantitative estimate of drug-likeness (QED) is 0.134. The molecule has 0 aliphatic carbocycles. The van der Waals surface area contributed by atoms with E-state index < -0.39 is 22.8 Å². The Morgan fingerprint density at radius 1 is 0.854 bits per heavy atom. The third-order valence-corrected chi connectivity index (χ3v) is 11.3. The van der Waals surface area contributed by atoms with Crippen molar-refractivity contribution < 1.29 is 18.4 Å². The number of halogens is 1. The molecule has 0 fully saturated rings. The molecule has 6 aromatic rings. The van der Waals surface area contributed by atoms with Crippen molar-refractivity contribution in [1.82, 2.24) is 10.2 Å². The second-order valence-corrected chi connectivity index (χ2v) is 14.2. The van der Waals surface area contributed by atoms with Crippen molar-refractivity contribution in [2.75, 3.05) is 9.80 Å². The van der Waals surface area contributed by atoms with Gasteiger partial charge in [-0.05, 0) is 72.9 Å². The Morgan fingerprint density at radius 2 is 1.56 bits per heavy atom. The average molecular weight is 675 g/mol. The summed E-state index contributed by atoms with van der Waals surface area (Å²) in [7, 11) is 0. The molecule has 0 bridgehead atoms. The molecule has 0 N–H and O–H groups in total. The normalized spacial score (nSPS) is 16.8. The lowest BCUT2D eigenvalue weighted by Crippen LogP contribution is -2.53. The minimum atomic E-state index is -1.90. The fraction of sp³-hybridized carbons (Fsp3) is 0.162. The number of aromatic nitrogens is 2. The Morgan fingerprint density at radius 3 is 2.35 bits per heavy atom. The van der Waals surface area contributed by atoms with Gasteiger partial charge in [-0.1, -0.05) is 83.8 Å². The molecule has 238 valence electrons. The van der Waals surface area contributed by atoms with E-state index in [9.17, 15) is 14.0 Å². The van der Waals surface area contributed by atoms with E-state index in [1.807, 2.05) is 57.2 Å². The first kappa shape index (κ1) is 30.2. The maximum Gasteiger partial charge on any atom is 0.297 e. The van der Waals surface area contributed by atoms with Gasteiger partial charge < -0.3 is 9.32 Å². The molecule has 8 rings (SSSR count). The lowest BCUT2D eigenvalue weighted by molar-refractivity contribution is -0.121. The van der Waals surface area contributed by atoms with Crippen LogP contribution in [0.15, 0.2) is 98.5 Å². The highest BCUT2D eigenvalue weighted by atomic mass is 32.2. The van der Waals surface area contributed by atoms with Crippen LogP contribution in [0.3, 0.4) is 0 Å². The van der Waals surface area contributed by atoms with Gasteiger partial charge in [0.1, 0.15) is 11.4 Å². The number of amides is 2. The molecule has 0 saturated heterocycles. The number of carbonyl (C=O) groups excluding carboxylic acids is 2. The number of benzene rings is 4. The van der Waals surface area contributed by atoms with Crippen LogP contribution in [-0.4, -0.2) is 22.0 Å². The molecule has 0 radical (unpaired) electrons. The summed E-state index contributed by atoms with van der Waals surface area (Å²) in [5, 5.41) is 9.12. The van der Waals surface area contributed by atoms with Crippen LogP contribution in [0.25, 0.3) is 11.0 Å². The van der Waals surface area contributed by atoms with Gasteiger partial charge in [0.2, 0.25) is 10.9 Å². The monoisotopic (exact) mass is 674 g/mol. The lowest BCUT2D eigenvalue weighted by Gasteiger charge is -2.32. The number of thioether (sulfide) groups is 1. The van der Waals surface area contributed by atoms with Gasteiger partial charge in [0.25, 0.3) is 11.8 Å². The first-order valence-corrected chi connectivity index (χ1v) is 17.1. The lowest BCUT2D eigenvalue weighted by atomic mass is 9.84. The standard InChI is InChI=1S/C37H27FN4O4S2/c1-20-10-4-5-11-23(20)18-41-28-15-9-7-13-26(28)37(34(41)45)30-31(43)25-16-21(2)22(3)17-29(25)46-32(30)33(44)42(37)35-39-40-36(48-35)47-19-24-12-6-8-14-27(24)38/h4-17H,18-19H2,1-3H3. The predicted octanol–water partition coefficient (Wildman–Crippen LogP) is 7.45. The SMILES string of the molecule is Cc1cc2oc3c(c(=O)c2cc1C)C1(C(=O)N(Cc2ccccc2C)c2ccccc21)N(c1nnc(SCc2ccccc2F)s1)C3=O. The van der Waals surface area contributed by atoms with Gasteiger partial charge in [-0.3, -0.25) is 19.3 Å².